The van der Waals surface area contributed by atoms with Crippen LogP contribution >= 0.6 is 11.8 Å². The molecule has 0 bridgehead atoms. The number of hydrazone groups is 1. The van der Waals surface area contributed by atoms with Gasteiger partial charge in [0.2, 0.25) is 5.17 Å². The van der Waals surface area contributed by atoms with Crippen molar-refractivity contribution >= 4 is 39.8 Å². The van der Waals surface area contributed by atoms with Gasteiger partial charge in [-0.25, -0.2) is 4.39 Å². The highest BCUT2D eigenvalue weighted by Crippen LogP contribution is 2.32. The van der Waals surface area contributed by atoms with Crippen molar-refractivity contribution < 1.29 is 13.9 Å². The molecule has 33 heavy (non-hydrogen) atoms. The average molecular weight is 460 g/mol. The minimum absolute atomic E-state index is 0.101. The molecule has 2 aromatic carbocycles. The normalized spacial score (nSPS) is 16.7. The molecule has 1 aromatic heterocycles. The van der Waals surface area contributed by atoms with Crippen molar-refractivity contribution in [1.29, 1.82) is 5.41 Å². The Kier molecular flexibility index (Phi) is 5.39. The number of carbonyl (C=O) groups excluding carboxylic acids is 1. The van der Waals surface area contributed by atoms with Crippen LogP contribution in [0.1, 0.15) is 18.2 Å². The van der Waals surface area contributed by atoms with Gasteiger partial charge in [0, 0.05) is 23.1 Å². The summed E-state index contributed by atoms with van der Waals surface area (Å²) in [5.74, 6) is -0.299. The summed E-state index contributed by atoms with van der Waals surface area (Å²) < 4.78 is 21.6. The molecule has 0 aliphatic carbocycles. The molecule has 1 amide bonds. The maximum absolute atomic E-state index is 14.2. The molecule has 3 aromatic rings. The molecule has 1 N–H and O–H groups in total. The van der Waals surface area contributed by atoms with Gasteiger partial charge >= 0.3 is 0 Å². The minimum Gasteiger partial charge on any atom is -0.494 e. The van der Waals surface area contributed by atoms with Crippen molar-refractivity contribution in [2.24, 2.45) is 10.1 Å². The number of amides is 1. The largest absolute Gasteiger partial charge is 0.494 e. The topological polar surface area (TPSA) is 83.0 Å². The molecule has 0 saturated carbocycles. The molecule has 0 fully saturated rings. The zero-order chi connectivity index (χ0) is 22.9. The molecule has 0 saturated heterocycles. The van der Waals surface area contributed by atoms with E-state index >= 15 is 0 Å². The number of rotatable bonds is 5. The van der Waals surface area contributed by atoms with Gasteiger partial charge in [0.05, 0.1) is 12.2 Å². The SMILES string of the molecule is CCOc1ccc(-n2cccc2/C=C2\C(=N)N3N=C(c4ccccc4F)SC3=NC2=O)cc1. The first kappa shape index (κ1) is 20.9. The number of aliphatic imine (C=N–C) groups is 1. The molecule has 164 valence electrons. The Balaban J connectivity index is 1.47. The van der Waals surface area contributed by atoms with Crippen molar-refractivity contribution in [1.82, 2.24) is 9.58 Å². The Morgan fingerprint density at radius 3 is 2.67 bits per heavy atom. The third kappa shape index (κ3) is 3.87. The van der Waals surface area contributed by atoms with E-state index < -0.39 is 11.7 Å². The van der Waals surface area contributed by atoms with Crippen LogP contribution < -0.4 is 4.74 Å². The Morgan fingerprint density at radius 2 is 1.91 bits per heavy atom. The molecule has 5 rings (SSSR count). The number of aromatic nitrogens is 1. The molecular formula is C24H18FN5O2S. The number of hydrogen-bond donors (Lipinski definition) is 1. The molecule has 0 radical (unpaired) electrons. The maximum Gasteiger partial charge on any atom is 0.283 e. The minimum atomic E-state index is -0.539. The third-order valence-corrected chi connectivity index (χ3v) is 6.00. The summed E-state index contributed by atoms with van der Waals surface area (Å²) in [6.45, 7) is 2.51. The van der Waals surface area contributed by atoms with Gasteiger partial charge in [-0.3, -0.25) is 10.2 Å². The molecule has 7 nitrogen and oxygen atoms in total. The van der Waals surface area contributed by atoms with E-state index in [1.807, 2.05) is 54.1 Å². The summed E-state index contributed by atoms with van der Waals surface area (Å²) >= 11 is 1.06. The fourth-order valence-electron chi connectivity index (χ4n) is 3.50. The number of nitrogens with one attached hydrogen (secondary N) is 1. The predicted octanol–water partition coefficient (Wildman–Crippen LogP) is 4.68. The first-order chi connectivity index (χ1) is 16.0. The number of amidine groups is 2. The summed E-state index contributed by atoms with van der Waals surface area (Å²) in [6, 6.07) is 17.5. The molecule has 3 heterocycles. The maximum atomic E-state index is 14.2. The van der Waals surface area contributed by atoms with Gasteiger partial charge in [0.1, 0.15) is 16.6 Å². The lowest BCUT2D eigenvalue weighted by Crippen LogP contribution is -2.35. The van der Waals surface area contributed by atoms with Crippen molar-refractivity contribution in [2.75, 3.05) is 6.61 Å². The van der Waals surface area contributed by atoms with Crippen LogP contribution in [0.15, 0.2) is 82.5 Å². The average Bonchev–Trinajstić information content (AvgIpc) is 3.45. The van der Waals surface area contributed by atoms with Crippen molar-refractivity contribution in [2.45, 2.75) is 6.92 Å². The number of carbonyl (C=O) groups is 1. The summed E-state index contributed by atoms with van der Waals surface area (Å²) in [6.07, 6.45) is 3.48. The van der Waals surface area contributed by atoms with Crippen LogP contribution in [-0.4, -0.2) is 38.1 Å². The fraction of sp³-hybridized carbons (Fsp3) is 0.0833. The standard InChI is InChI=1S/C24H18FN5O2S/c1-2-32-17-11-9-15(10-12-17)29-13-5-6-16(29)14-19-21(26)30-24(27-22(19)31)33-23(28-30)18-7-3-4-8-20(18)25/h3-14,26H,2H2,1H3/b19-14+,26-21?. The van der Waals surface area contributed by atoms with Crippen LogP contribution in [0.2, 0.25) is 0 Å². The zero-order valence-electron chi connectivity index (χ0n) is 17.5. The van der Waals surface area contributed by atoms with Gasteiger partial charge < -0.3 is 9.30 Å². The van der Waals surface area contributed by atoms with Gasteiger partial charge in [-0.1, -0.05) is 12.1 Å². The summed E-state index contributed by atoms with van der Waals surface area (Å²) in [5, 5.41) is 14.8. The Hall–Kier alpha value is -3.98. The number of hydrogen-bond acceptors (Lipinski definition) is 5. The number of fused-ring (bicyclic) bond motifs is 1. The van der Waals surface area contributed by atoms with Crippen molar-refractivity contribution in [3.05, 3.63) is 89.5 Å². The molecule has 0 atom stereocenters. The molecule has 0 spiro atoms. The van der Waals surface area contributed by atoms with E-state index in [1.165, 1.54) is 11.1 Å². The van der Waals surface area contributed by atoms with E-state index in [0.29, 0.717) is 22.9 Å². The van der Waals surface area contributed by atoms with Gasteiger partial charge in [-0.2, -0.15) is 15.1 Å². The lowest BCUT2D eigenvalue weighted by atomic mass is 10.1. The Morgan fingerprint density at radius 1 is 1.12 bits per heavy atom. The van der Waals surface area contributed by atoms with Gasteiger partial charge in [-0.05, 0) is 73.3 Å². The molecule has 9 heteroatoms. The predicted molar refractivity (Wildman–Crippen MR) is 127 cm³/mol. The van der Waals surface area contributed by atoms with Crippen LogP contribution in [0.25, 0.3) is 11.8 Å². The van der Waals surface area contributed by atoms with E-state index in [9.17, 15) is 9.18 Å². The highest BCUT2D eigenvalue weighted by Gasteiger charge is 2.36. The van der Waals surface area contributed by atoms with E-state index in [2.05, 4.69) is 10.1 Å². The Bertz CT molecular complexity index is 1360. The second-order valence-electron chi connectivity index (χ2n) is 7.13. The molecule has 2 aliphatic rings. The number of nitrogens with zero attached hydrogens (tertiary/aromatic N) is 4. The lowest BCUT2D eigenvalue weighted by Gasteiger charge is -2.20. The summed E-state index contributed by atoms with van der Waals surface area (Å²) in [5.41, 5.74) is 1.99. The number of benzene rings is 2. The van der Waals surface area contributed by atoms with Crippen LogP contribution in [0.3, 0.4) is 0 Å². The highest BCUT2D eigenvalue weighted by molar-refractivity contribution is 8.27. The summed E-state index contributed by atoms with van der Waals surface area (Å²) in [4.78, 5) is 16.9. The first-order valence-corrected chi connectivity index (χ1v) is 11.0. The third-order valence-electron chi connectivity index (χ3n) is 5.06. The lowest BCUT2D eigenvalue weighted by molar-refractivity contribution is -0.114. The van der Waals surface area contributed by atoms with E-state index in [4.69, 9.17) is 10.1 Å². The number of halogens is 1. The highest BCUT2D eigenvalue weighted by atomic mass is 32.2. The van der Waals surface area contributed by atoms with Crippen LogP contribution in [0.4, 0.5) is 4.39 Å². The number of thioether (sulfide) groups is 1. The van der Waals surface area contributed by atoms with E-state index in [0.717, 1.165) is 23.2 Å². The fourth-order valence-corrected chi connectivity index (χ4v) is 4.42. The van der Waals surface area contributed by atoms with Crippen LogP contribution in [0.5, 0.6) is 5.75 Å². The molecular weight excluding hydrogens is 441 g/mol. The van der Waals surface area contributed by atoms with Crippen LogP contribution in [-0.2, 0) is 4.79 Å². The van der Waals surface area contributed by atoms with Crippen LogP contribution in [0, 0.1) is 11.2 Å². The van der Waals surface area contributed by atoms with E-state index in [1.54, 1.807) is 24.3 Å². The smallest absolute Gasteiger partial charge is 0.283 e. The van der Waals surface area contributed by atoms with Gasteiger partial charge in [-0.15, -0.1) is 0 Å². The van der Waals surface area contributed by atoms with Crippen molar-refractivity contribution in [3.8, 4) is 11.4 Å². The second kappa shape index (κ2) is 8.51. The molecule has 0 unspecified atom stereocenters. The monoisotopic (exact) mass is 459 g/mol. The quantitative estimate of drug-likeness (QED) is 0.562. The van der Waals surface area contributed by atoms with E-state index in [-0.39, 0.29) is 16.6 Å². The summed E-state index contributed by atoms with van der Waals surface area (Å²) in [7, 11) is 0. The Labute approximate surface area is 193 Å². The van der Waals surface area contributed by atoms with Crippen molar-refractivity contribution in [3.63, 3.8) is 0 Å². The first-order valence-electron chi connectivity index (χ1n) is 10.2. The molecule has 2 aliphatic heterocycles. The second-order valence-corrected chi connectivity index (χ2v) is 8.09. The zero-order valence-corrected chi connectivity index (χ0v) is 18.3. The number of ether oxygens (including phenoxy) is 1. The van der Waals surface area contributed by atoms with Gasteiger partial charge in [0.25, 0.3) is 5.91 Å². The van der Waals surface area contributed by atoms with Gasteiger partial charge in [0.15, 0.2) is 5.84 Å².